The highest BCUT2D eigenvalue weighted by Crippen LogP contribution is 2.37. The molecule has 7 nitrogen and oxygen atoms in total. The molecule has 4 atom stereocenters. The molecule has 0 radical (unpaired) electrons. The summed E-state index contributed by atoms with van der Waals surface area (Å²) < 4.78 is 66.9. The Morgan fingerprint density at radius 3 is 2.35 bits per heavy atom. The van der Waals surface area contributed by atoms with Crippen molar-refractivity contribution in [3.05, 3.63) is 59.7 Å². The highest BCUT2D eigenvalue weighted by atomic mass is 32.2. The highest BCUT2D eigenvalue weighted by Gasteiger charge is 2.45. The minimum atomic E-state index is -4.59. The molecule has 4 rings (SSSR count). The molecule has 0 aromatic heterocycles. The maximum absolute atomic E-state index is 13.8. The molecule has 2 fully saturated rings. The molecule has 1 saturated heterocycles. The number of hydrogen-bond donors (Lipinski definition) is 0. The van der Waals surface area contributed by atoms with Gasteiger partial charge >= 0.3 is 6.18 Å². The minimum Gasteiger partial charge on any atom is -0.338 e. The van der Waals surface area contributed by atoms with Gasteiger partial charge in [-0.25, -0.2) is 8.42 Å². The van der Waals surface area contributed by atoms with Crippen LogP contribution in [0.1, 0.15) is 55.5 Å². The van der Waals surface area contributed by atoms with Crippen LogP contribution in [0.2, 0.25) is 0 Å². The molecule has 1 aliphatic carbocycles. The summed E-state index contributed by atoms with van der Waals surface area (Å²) in [6, 6.07) is 10.3. The number of likely N-dealkylation sites (tertiary alicyclic amines) is 1. The van der Waals surface area contributed by atoms with Crippen LogP contribution < -0.4 is 0 Å². The maximum atomic E-state index is 13.8. The van der Waals surface area contributed by atoms with Crippen molar-refractivity contribution in [3.8, 4) is 0 Å². The van der Waals surface area contributed by atoms with Gasteiger partial charge in [-0.1, -0.05) is 6.07 Å². The number of sulfone groups is 1. The number of carbonyl (C=O) groups is 2. The van der Waals surface area contributed by atoms with Crippen molar-refractivity contribution in [1.82, 2.24) is 14.7 Å². The SMILES string of the molecule is CSc1ccc(S(=O)(=O)CC2CC(N(C)C(C)C)CCC2N2CCC(N(C)C(=O)c3cccc(C(F)(F)F)c3)C2=O)cc1. The van der Waals surface area contributed by atoms with E-state index >= 15 is 0 Å². The van der Waals surface area contributed by atoms with Crippen LogP contribution >= 0.6 is 11.8 Å². The third-order valence-corrected chi connectivity index (χ3v) is 11.6. The zero-order chi connectivity index (χ0) is 31.7. The van der Waals surface area contributed by atoms with Gasteiger partial charge in [-0.3, -0.25) is 9.59 Å². The first-order chi connectivity index (χ1) is 20.1. The normalized spacial score (nSPS) is 23.3. The summed E-state index contributed by atoms with van der Waals surface area (Å²) in [5.41, 5.74) is -1.07. The average Bonchev–Trinajstić information content (AvgIpc) is 3.36. The Morgan fingerprint density at radius 2 is 1.74 bits per heavy atom. The molecule has 4 unspecified atom stereocenters. The predicted molar refractivity (Wildman–Crippen MR) is 162 cm³/mol. The lowest BCUT2D eigenvalue weighted by Gasteiger charge is -2.44. The Hall–Kier alpha value is -2.57. The summed E-state index contributed by atoms with van der Waals surface area (Å²) in [5, 5.41) is 0. The van der Waals surface area contributed by atoms with Crippen molar-refractivity contribution in [3.63, 3.8) is 0 Å². The second-order valence-corrected chi connectivity index (χ2v) is 14.8. The van der Waals surface area contributed by atoms with Gasteiger partial charge in [0.2, 0.25) is 5.91 Å². The molecular formula is C31H40F3N3O4S2. The summed E-state index contributed by atoms with van der Waals surface area (Å²) >= 11 is 1.53. The predicted octanol–water partition coefficient (Wildman–Crippen LogP) is 5.45. The van der Waals surface area contributed by atoms with Gasteiger partial charge in [0, 0.05) is 42.2 Å². The third kappa shape index (κ3) is 7.39. The van der Waals surface area contributed by atoms with Gasteiger partial charge < -0.3 is 14.7 Å². The number of nitrogens with zero attached hydrogens (tertiary/aromatic N) is 3. The minimum absolute atomic E-state index is 0.105. The van der Waals surface area contributed by atoms with Gasteiger partial charge in [-0.05, 0) is 101 Å². The first-order valence-electron chi connectivity index (χ1n) is 14.5. The Labute approximate surface area is 256 Å². The first-order valence-corrected chi connectivity index (χ1v) is 17.4. The Bertz CT molecular complexity index is 1420. The number of amides is 2. The van der Waals surface area contributed by atoms with Gasteiger partial charge in [0.15, 0.2) is 9.84 Å². The van der Waals surface area contributed by atoms with Crippen molar-refractivity contribution in [2.75, 3.05) is 32.6 Å². The lowest BCUT2D eigenvalue weighted by atomic mass is 9.81. The van der Waals surface area contributed by atoms with E-state index in [-0.39, 0.29) is 46.2 Å². The molecule has 2 aromatic carbocycles. The van der Waals surface area contributed by atoms with Gasteiger partial charge in [0.05, 0.1) is 16.2 Å². The van der Waals surface area contributed by atoms with Crippen molar-refractivity contribution in [2.24, 2.45) is 5.92 Å². The van der Waals surface area contributed by atoms with Crippen molar-refractivity contribution >= 4 is 33.4 Å². The quantitative estimate of drug-likeness (QED) is 0.340. The number of halogens is 3. The van der Waals surface area contributed by atoms with E-state index in [0.29, 0.717) is 25.8 Å². The highest BCUT2D eigenvalue weighted by molar-refractivity contribution is 7.98. The monoisotopic (exact) mass is 639 g/mol. The number of hydrogen-bond acceptors (Lipinski definition) is 6. The smallest absolute Gasteiger partial charge is 0.338 e. The maximum Gasteiger partial charge on any atom is 0.416 e. The van der Waals surface area contributed by atoms with E-state index in [4.69, 9.17) is 0 Å². The van der Waals surface area contributed by atoms with Gasteiger partial charge in [-0.2, -0.15) is 13.2 Å². The number of benzene rings is 2. The summed E-state index contributed by atoms with van der Waals surface area (Å²) in [6.07, 6.45) is -0.324. The van der Waals surface area contributed by atoms with Gasteiger partial charge in [0.25, 0.3) is 5.91 Å². The molecule has 2 aromatic rings. The van der Waals surface area contributed by atoms with Gasteiger partial charge in [0.1, 0.15) is 6.04 Å². The molecule has 43 heavy (non-hydrogen) atoms. The van der Waals surface area contributed by atoms with E-state index in [2.05, 4.69) is 18.7 Å². The second kappa shape index (κ2) is 13.2. The number of rotatable bonds is 9. The van der Waals surface area contributed by atoms with E-state index < -0.39 is 33.5 Å². The van der Waals surface area contributed by atoms with Crippen molar-refractivity contribution in [2.45, 2.75) is 79.7 Å². The molecule has 2 amide bonds. The fourth-order valence-corrected chi connectivity index (χ4v) is 8.39. The standard InChI is InChI=1S/C31H40F3N3O4S2/c1-20(2)35(3)24-9-14-27(22(18-24)19-43(40,41)26-12-10-25(42-5)11-13-26)37-16-15-28(30(37)39)36(4)29(38)21-7-6-8-23(17-21)31(32,33)34/h6-8,10-13,17,20,22,24,27-28H,9,14-16,18-19H2,1-5H3. The van der Waals surface area contributed by atoms with Crippen LogP contribution in [0.5, 0.6) is 0 Å². The van der Waals surface area contributed by atoms with Crippen LogP contribution in [0.4, 0.5) is 13.2 Å². The molecule has 0 spiro atoms. The number of carbonyl (C=O) groups excluding carboxylic acids is 2. The lowest BCUT2D eigenvalue weighted by Crippen LogP contribution is -2.53. The Balaban J connectivity index is 1.55. The molecule has 1 heterocycles. The second-order valence-electron chi connectivity index (χ2n) is 11.8. The first kappa shape index (κ1) is 33.3. The van der Waals surface area contributed by atoms with Crippen LogP contribution in [0, 0.1) is 5.92 Å². The summed E-state index contributed by atoms with van der Waals surface area (Å²) in [6.45, 7) is 4.53. The average molecular weight is 640 g/mol. The zero-order valence-corrected chi connectivity index (χ0v) is 26.8. The molecule has 1 saturated carbocycles. The van der Waals surface area contributed by atoms with Gasteiger partial charge in [-0.15, -0.1) is 11.8 Å². The number of alkyl halides is 3. The fraction of sp³-hybridized carbons (Fsp3) is 0.548. The lowest BCUT2D eigenvalue weighted by molar-refractivity contribution is -0.137. The van der Waals surface area contributed by atoms with E-state index in [9.17, 15) is 31.2 Å². The van der Waals surface area contributed by atoms with E-state index in [1.165, 1.54) is 35.8 Å². The molecule has 0 bridgehead atoms. The fourth-order valence-electron chi connectivity index (χ4n) is 6.31. The van der Waals surface area contributed by atoms with Crippen molar-refractivity contribution < 1.29 is 31.2 Å². The molecule has 0 N–H and O–H groups in total. The van der Waals surface area contributed by atoms with E-state index in [0.717, 1.165) is 23.4 Å². The Kier molecular flexibility index (Phi) is 10.2. The van der Waals surface area contributed by atoms with Crippen LogP contribution in [0.3, 0.4) is 0 Å². The molecule has 236 valence electrons. The van der Waals surface area contributed by atoms with E-state index in [1.54, 1.807) is 29.2 Å². The Morgan fingerprint density at radius 1 is 1.07 bits per heavy atom. The van der Waals surface area contributed by atoms with Crippen LogP contribution in [0.15, 0.2) is 58.3 Å². The largest absolute Gasteiger partial charge is 0.416 e. The van der Waals surface area contributed by atoms with Crippen LogP contribution in [-0.2, 0) is 20.8 Å². The van der Waals surface area contributed by atoms with Crippen molar-refractivity contribution in [1.29, 1.82) is 0 Å². The molecule has 2 aliphatic rings. The number of thioether (sulfide) groups is 1. The molecule has 12 heteroatoms. The molecular weight excluding hydrogens is 599 g/mol. The summed E-state index contributed by atoms with van der Waals surface area (Å²) in [5.74, 6) is -1.39. The third-order valence-electron chi connectivity index (χ3n) is 8.99. The summed E-state index contributed by atoms with van der Waals surface area (Å²) in [4.78, 5) is 33.3. The number of likely N-dealkylation sites (N-methyl/N-ethyl adjacent to an activating group) is 1. The topological polar surface area (TPSA) is 78.0 Å². The van der Waals surface area contributed by atoms with E-state index in [1.807, 2.05) is 13.3 Å². The zero-order valence-electron chi connectivity index (χ0n) is 25.2. The molecule has 1 aliphatic heterocycles. The van der Waals surface area contributed by atoms with Crippen LogP contribution in [0.25, 0.3) is 0 Å². The van der Waals surface area contributed by atoms with Crippen LogP contribution in [-0.4, -0.2) is 91.7 Å². The summed E-state index contributed by atoms with van der Waals surface area (Å²) in [7, 11) is -0.183.